The SMILES string of the molecule is Fc1ccc(-c2ncc([N+]3(c4cccc(F)c4)C=CN=C3)[nH]2)cc1. The number of imidazole rings is 1. The predicted octanol–water partition coefficient (Wildman–Crippen LogP) is 4.51. The van der Waals surface area contributed by atoms with E-state index in [0.717, 1.165) is 5.56 Å². The first-order chi connectivity index (χ1) is 11.7. The van der Waals surface area contributed by atoms with Crippen LogP contribution >= 0.6 is 0 Å². The molecule has 0 amide bonds. The molecule has 1 atom stereocenters. The topological polar surface area (TPSA) is 41.0 Å². The molecule has 1 N–H and O–H groups in total. The Labute approximate surface area is 137 Å². The van der Waals surface area contributed by atoms with Gasteiger partial charge in [-0.2, -0.15) is 4.48 Å². The van der Waals surface area contributed by atoms with Crippen LogP contribution in [0.15, 0.2) is 72.1 Å². The zero-order valence-electron chi connectivity index (χ0n) is 12.5. The lowest BCUT2D eigenvalue weighted by Gasteiger charge is -2.24. The highest BCUT2D eigenvalue weighted by Crippen LogP contribution is 2.36. The number of benzene rings is 2. The van der Waals surface area contributed by atoms with Gasteiger partial charge in [0.2, 0.25) is 12.2 Å². The summed E-state index contributed by atoms with van der Waals surface area (Å²) in [6, 6.07) is 12.4. The molecular formula is C18H13F2N4+. The number of quaternary nitrogens is 1. The Balaban J connectivity index is 1.80. The zero-order valence-corrected chi connectivity index (χ0v) is 12.5. The fraction of sp³-hybridized carbons (Fsp3) is 0. The highest BCUT2D eigenvalue weighted by Gasteiger charge is 2.35. The van der Waals surface area contributed by atoms with Crippen LogP contribution in [0, 0.1) is 11.6 Å². The highest BCUT2D eigenvalue weighted by atomic mass is 19.1. The number of halogens is 2. The Kier molecular flexibility index (Phi) is 3.32. The second kappa shape index (κ2) is 5.50. The van der Waals surface area contributed by atoms with Crippen LogP contribution in [0.25, 0.3) is 11.4 Å². The molecule has 3 aromatic rings. The standard InChI is InChI=1S/C18H13F2N4/c19-14-6-4-13(5-7-14)18-22-11-17(23-18)24(9-8-21-12-24)16-3-1-2-15(20)10-16/h1-12H,(H,22,23)/q+1. The average molecular weight is 323 g/mol. The minimum atomic E-state index is -0.322. The molecule has 4 nitrogen and oxygen atoms in total. The molecule has 1 unspecified atom stereocenters. The number of hydrogen-bond donors (Lipinski definition) is 1. The van der Waals surface area contributed by atoms with Crippen molar-refractivity contribution in [3.05, 3.63) is 78.8 Å². The lowest BCUT2D eigenvalue weighted by molar-refractivity contribution is 0.622. The molecule has 1 aliphatic rings. The van der Waals surface area contributed by atoms with Gasteiger partial charge in [-0.05, 0) is 30.3 Å². The van der Waals surface area contributed by atoms with Gasteiger partial charge in [-0.1, -0.05) is 6.07 Å². The van der Waals surface area contributed by atoms with E-state index in [0.29, 0.717) is 17.3 Å². The quantitative estimate of drug-likeness (QED) is 0.708. The first-order valence-electron chi connectivity index (χ1n) is 7.35. The van der Waals surface area contributed by atoms with E-state index in [1.165, 1.54) is 24.3 Å². The van der Waals surface area contributed by atoms with Crippen LogP contribution in [0.2, 0.25) is 0 Å². The number of rotatable bonds is 3. The maximum absolute atomic E-state index is 13.7. The van der Waals surface area contributed by atoms with Gasteiger partial charge in [-0.3, -0.25) is 4.98 Å². The summed E-state index contributed by atoms with van der Waals surface area (Å²) in [6.45, 7) is 0. The van der Waals surface area contributed by atoms with Gasteiger partial charge >= 0.3 is 0 Å². The summed E-state index contributed by atoms with van der Waals surface area (Å²) in [4.78, 5) is 11.8. The summed E-state index contributed by atoms with van der Waals surface area (Å²) in [5.41, 5.74) is 1.46. The smallest absolute Gasteiger partial charge is 0.241 e. The van der Waals surface area contributed by atoms with Crippen molar-refractivity contribution in [3.8, 4) is 11.4 Å². The molecular weight excluding hydrogens is 310 g/mol. The molecule has 2 heterocycles. The Morgan fingerprint density at radius 1 is 0.958 bits per heavy atom. The number of aromatic nitrogens is 2. The molecule has 0 spiro atoms. The van der Waals surface area contributed by atoms with E-state index < -0.39 is 0 Å². The molecule has 0 fully saturated rings. The highest BCUT2D eigenvalue weighted by molar-refractivity contribution is 5.86. The van der Waals surface area contributed by atoms with Gasteiger partial charge in [-0.25, -0.2) is 18.8 Å². The van der Waals surface area contributed by atoms with Gasteiger partial charge in [-0.15, -0.1) is 0 Å². The molecule has 0 bridgehead atoms. The second-order valence-corrected chi connectivity index (χ2v) is 5.44. The molecule has 0 saturated carbocycles. The lowest BCUT2D eigenvalue weighted by atomic mass is 10.2. The van der Waals surface area contributed by atoms with Crippen LogP contribution in [0.3, 0.4) is 0 Å². The first-order valence-corrected chi connectivity index (χ1v) is 7.35. The largest absolute Gasteiger partial charge is 0.292 e. The number of nitrogens with one attached hydrogen (secondary N) is 1. The summed E-state index contributed by atoms with van der Waals surface area (Å²) < 4.78 is 26.9. The summed E-state index contributed by atoms with van der Waals surface area (Å²) in [5, 5.41) is 0. The molecule has 24 heavy (non-hydrogen) atoms. The Bertz CT molecular complexity index is 930. The second-order valence-electron chi connectivity index (χ2n) is 5.44. The van der Waals surface area contributed by atoms with Gasteiger partial charge in [0.05, 0.1) is 6.20 Å². The van der Waals surface area contributed by atoms with Crippen LogP contribution in [0.1, 0.15) is 0 Å². The molecule has 1 aromatic heterocycles. The lowest BCUT2D eigenvalue weighted by Crippen LogP contribution is -2.35. The number of nitrogens with zero attached hydrogens (tertiary/aromatic N) is 3. The van der Waals surface area contributed by atoms with E-state index in [1.54, 1.807) is 36.9 Å². The molecule has 0 aliphatic carbocycles. The third-order valence-corrected chi connectivity index (χ3v) is 3.95. The van der Waals surface area contributed by atoms with Crippen LogP contribution in [-0.2, 0) is 0 Å². The Morgan fingerprint density at radius 3 is 2.50 bits per heavy atom. The maximum Gasteiger partial charge on any atom is 0.241 e. The molecule has 6 heteroatoms. The minimum Gasteiger partial charge on any atom is -0.292 e. The van der Waals surface area contributed by atoms with Crippen LogP contribution in [-0.4, -0.2) is 16.3 Å². The number of H-pyrrole nitrogens is 1. The van der Waals surface area contributed by atoms with Crippen molar-refractivity contribution in [2.75, 3.05) is 0 Å². The van der Waals surface area contributed by atoms with Crippen molar-refractivity contribution in [3.63, 3.8) is 0 Å². The summed E-state index contributed by atoms with van der Waals surface area (Å²) >= 11 is 0. The van der Waals surface area contributed by atoms with Crippen LogP contribution < -0.4 is 4.48 Å². The van der Waals surface area contributed by atoms with E-state index in [9.17, 15) is 8.78 Å². The molecule has 1 aliphatic heterocycles. The summed E-state index contributed by atoms with van der Waals surface area (Å²) in [7, 11) is 0. The van der Waals surface area contributed by atoms with E-state index in [-0.39, 0.29) is 16.1 Å². The molecule has 118 valence electrons. The zero-order chi connectivity index (χ0) is 16.6. The van der Waals surface area contributed by atoms with Crippen molar-refractivity contribution >= 4 is 17.8 Å². The monoisotopic (exact) mass is 323 g/mol. The molecule has 4 rings (SSSR count). The van der Waals surface area contributed by atoms with Crippen molar-refractivity contribution in [1.82, 2.24) is 14.5 Å². The molecule has 2 aromatic carbocycles. The normalized spacial score (nSPS) is 19.1. The van der Waals surface area contributed by atoms with Gasteiger partial charge in [0, 0.05) is 17.7 Å². The van der Waals surface area contributed by atoms with Crippen molar-refractivity contribution < 1.29 is 8.78 Å². The van der Waals surface area contributed by atoms with Gasteiger partial charge in [0.1, 0.15) is 29.9 Å². The minimum absolute atomic E-state index is 0.103. The third kappa shape index (κ3) is 2.33. The average Bonchev–Trinajstić information content (AvgIpc) is 3.26. The van der Waals surface area contributed by atoms with E-state index >= 15 is 0 Å². The molecule has 0 saturated heterocycles. The summed E-state index contributed by atoms with van der Waals surface area (Å²) in [6.07, 6.45) is 6.85. The Morgan fingerprint density at radius 2 is 1.79 bits per heavy atom. The number of hydrogen-bond acceptors (Lipinski definition) is 2. The van der Waals surface area contributed by atoms with E-state index in [4.69, 9.17) is 0 Å². The van der Waals surface area contributed by atoms with Gasteiger partial charge < -0.3 is 0 Å². The first kappa shape index (κ1) is 14.5. The fourth-order valence-corrected chi connectivity index (χ4v) is 2.72. The third-order valence-electron chi connectivity index (χ3n) is 3.95. The number of aliphatic imine (C=N–C) groups is 1. The van der Waals surface area contributed by atoms with Crippen LogP contribution in [0.4, 0.5) is 20.3 Å². The Hall–Kier alpha value is -3.12. The van der Waals surface area contributed by atoms with Gasteiger partial charge in [0.15, 0.2) is 5.69 Å². The fourth-order valence-electron chi connectivity index (χ4n) is 2.72. The maximum atomic E-state index is 13.7. The van der Waals surface area contributed by atoms with Gasteiger partial charge in [0.25, 0.3) is 0 Å². The van der Waals surface area contributed by atoms with Crippen molar-refractivity contribution in [2.24, 2.45) is 4.99 Å². The number of aromatic amines is 1. The van der Waals surface area contributed by atoms with Crippen molar-refractivity contribution in [2.45, 2.75) is 0 Å². The van der Waals surface area contributed by atoms with Crippen LogP contribution in [0.5, 0.6) is 0 Å². The summed E-state index contributed by atoms with van der Waals surface area (Å²) in [5.74, 6) is 0.686. The predicted molar refractivity (Wildman–Crippen MR) is 89.5 cm³/mol. The molecule has 0 radical (unpaired) electrons. The van der Waals surface area contributed by atoms with Crippen molar-refractivity contribution in [1.29, 1.82) is 0 Å². The van der Waals surface area contributed by atoms with E-state index in [2.05, 4.69) is 15.0 Å². The van der Waals surface area contributed by atoms with E-state index in [1.807, 2.05) is 12.3 Å².